The molecule has 0 fully saturated rings. The fourth-order valence-electron chi connectivity index (χ4n) is 3.92. The number of H-pyrrole nitrogens is 1. The number of aromatic nitrogens is 2. The minimum absolute atomic E-state index is 0.133. The van der Waals surface area contributed by atoms with E-state index in [-0.39, 0.29) is 18.0 Å². The van der Waals surface area contributed by atoms with Crippen LogP contribution in [-0.4, -0.2) is 42.8 Å². The smallest absolute Gasteiger partial charge is 0.348 e. The maximum atomic E-state index is 12.8. The molecule has 0 saturated carbocycles. The lowest BCUT2D eigenvalue weighted by molar-refractivity contribution is 0.0393. The molecule has 0 aliphatic heterocycles. The van der Waals surface area contributed by atoms with Gasteiger partial charge in [-0.05, 0) is 48.7 Å². The van der Waals surface area contributed by atoms with Crippen molar-refractivity contribution in [2.24, 2.45) is 0 Å². The third-order valence-corrected chi connectivity index (χ3v) is 7.34. The first kappa shape index (κ1) is 26.6. The Kier molecular flexibility index (Phi) is 8.76. The molecule has 0 unspecified atom stereocenters. The van der Waals surface area contributed by atoms with Crippen molar-refractivity contribution >= 4 is 55.9 Å². The molecule has 0 bridgehead atoms. The summed E-state index contributed by atoms with van der Waals surface area (Å²) >= 11 is 7.67. The molecule has 0 amide bonds. The van der Waals surface area contributed by atoms with Gasteiger partial charge in [-0.1, -0.05) is 54.1 Å². The number of rotatable bonds is 10. The van der Waals surface area contributed by atoms with Crippen LogP contribution < -0.4 is 10.5 Å². The van der Waals surface area contributed by atoms with E-state index in [2.05, 4.69) is 33.9 Å². The molecule has 4 aromatic rings. The van der Waals surface area contributed by atoms with Gasteiger partial charge in [-0.2, -0.15) is 0 Å². The molecular formula is C28H28ClN3O4S. The van der Waals surface area contributed by atoms with Gasteiger partial charge in [0.2, 0.25) is 0 Å². The SMILES string of the molecule is CCN(Cc1ccccc1)c1ccc(/C=C(\Cl)c2nc3sc(C(=O)OCCOC)c(C)c3c(=O)[nH]2)cc1. The van der Waals surface area contributed by atoms with Gasteiger partial charge in [0, 0.05) is 25.9 Å². The first-order chi connectivity index (χ1) is 17.9. The Morgan fingerprint density at radius 2 is 1.86 bits per heavy atom. The standard InChI is InChI=1S/C28H28ClN3O4S/c1-4-32(17-20-8-6-5-7-9-20)21-12-10-19(11-13-21)16-22(29)25-30-26(33)23-18(2)24(37-27(23)31-25)28(34)36-15-14-35-3/h5-13,16H,4,14-15,17H2,1-3H3,(H,30,31,33)/b22-16-. The Balaban J connectivity index is 1.55. The fourth-order valence-corrected chi connectivity index (χ4v) is 5.21. The van der Waals surface area contributed by atoms with Gasteiger partial charge in [-0.3, -0.25) is 4.79 Å². The number of methoxy groups -OCH3 is 1. The predicted molar refractivity (Wildman–Crippen MR) is 150 cm³/mol. The molecule has 0 aliphatic carbocycles. The highest BCUT2D eigenvalue weighted by molar-refractivity contribution is 7.20. The monoisotopic (exact) mass is 537 g/mol. The second-order valence-electron chi connectivity index (χ2n) is 8.36. The van der Waals surface area contributed by atoms with Gasteiger partial charge in [0.1, 0.15) is 16.3 Å². The Hall–Kier alpha value is -3.46. The molecule has 0 radical (unpaired) electrons. The van der Waals surface area contributed by atoms with Crippen LogP contribution >= 0.6 is 22.9 Å². The van der Waals surface area contributed by atoms with Crippen LogP contribution in [-0.2, 0) is 16.0 Å². The number of carbonyl (C=O) groups excluding carboxylic acids is 1. The Morgan fingerprint density at radius 1 is 1.14 bits per heavy atom. The Bertz CT molecular complexity index is 1460. The van der Waals surface area contributed by atoms with E-state index in [0.29, 0.717) is 32.3 Å². The number of nitrogens with one attached hydrogen (secondary N) is 1. The second-order valence-corrected chi connectivity index (χ2v) is 9.77. The third kappa shape index (κ3) is 6.28. The van der Waals surface area contributed by atoms with Crippen molar-refractivity contribution in [2.45, 2.75) is 20.4 Å². The average Bonchev–Trinajstić information content (AvgIpc) is 3.25. The molecule has 0 atom stereocenters. The van der Waals surface area contributed by atoms with Gasteiger partial charge in [0.25, 0.3) is 5.56 Å². The van der Waals surface area contributed by atoms with E-state index >= 15 is 0 Å². The van der Waals surface area contributed by atoms with Gasteiger partial charge >= 0.3 is 5.97 Å². The predicted octanol–water partition coefficient (Wildman–Crippen LogP) is 5.86. The summed E-state index contributed by atoms with van der Waals surface area (Å²) in [4.78, 5) is 35.6. The molecule has 4 rings (SSSR count). The maximum Gasteiger partial charge on any atom is 0.348 e. The summed E-state index contributed by atoms with van der Waals surface area (Å²) in [7, 11) is 1.53. The van der Waals surface area contributed by atoms with E-state index in [0.717, 1.165) is 35.7 Å². The summed E-state index contributed by atoms with van der Waals surface area (Å²) in [5.74, 6) is -0.267. The van der Waals surface area contributed by atoms with Gasteiger partial charge < -0.3 is 19.4 Å². The van der Waals surface area contributed by atoms with E-state index < -0.39 is 5.97 Å². The van der Waals surface area contributed by atoms with Crippen molar-refractivity contribution in [3.8, 4) is 0 Å². The lowest BCUT2D eigenvalue weighted by Gasteiger charge is -2.23. The number of benzene rings is 2. The molecule has 7 nitrogen and oxygen atoms in total. The normalized spacial score (nSPS) is 11.6. The van der Waals surface area contributed by atoms with Crippen LogP contribution in [0.25, 0.3) is 21.3 Å². The largest absolute Gasteiger partial charge is 0.459 e. The molecule has 192 valence electrons. The number of aromatic amines is 1. The molecule has 1 N–H and O–H groups in total. The van der Waals surface area contributed by atoms with E-state index in [1.54, 1.807) is 13.0 Å². The van der Waals surface area contributed by atoms with Crippen LogP contribution in [0.3, 0.4) is 0 Å². The number of thiophene rings is 1. The first-order valence-electron chi connectivity index (χ1n) is 11.9. The minimum Gasteiger partial charge on any atom is -0.459 e. The molecular weight excluding hydrogens is 510 g/mol. The quantitative estimate of drug-likeness (QED) is 0.201. The number of nitrogens with zero attached hydrogens (tertiary/aromatic N) is 2. The highest BCUT2D eigenvalue weighted by atomic mass is 35.5. The van der Waals surface area contributed by atoms with Crippen LogP contribution in [0.15, 0.2) is 59.4 Å². The number of anilines is 1. The number of fused-ring (bicyclic) bond motifs is 1. The summed E-state index contributed by atoms with van der Waals surface area (Å²) in [5.41, 5.74) is 3.40. The summed E-state index contributed by atoms with van der Waals surface area (Å²) < 4.78 is 10.1. The lowest BCUT2D eigenvalue weighted by Crippen LogP contribution is -2.21. The summed E-state index contributed by atoms with van der Waals surface area (Å²) in [5, 5.41) is 0.651. The van der Waals surface area contributed by atoms with E-state index in [1.165, 1.54) is 12.7 Å². The Labute approximate surface area is 224 Å². The van der Waals surface area contributed by atoms with Crippen molar-refractivity contribution < 1.29 is 14.3 Å². The van der Waals surface area contributed by atoms with Crippen molar-refractivity contribution in [1.82, 2.24) is 9.97 Å². The lowest BCUT2D eigenvalue weighted by atomic mass is 10.1. The molecule has 0 aliphatic rings. The average molecular weight is 538 g/mol. The molecule has 2 aromatic carbocycles. The number of halogens is 1. The zero-order chi connectivity index (χ0) is 26.4. The molecule has 37 heavy (non-hydrogen) atoms. The highest BCUT2D eigenvalue weighted by Crippen LogP contribution is 2.29. The zero-order valence-electron chi connectivity index (χ0n) is 20.9. The van der Waals surface area contributed by atoms with Crippen molar-refractivity contribution in [3.63, 3.8) is 0 Å². The van der Waals surface area contributed by atoms with Crippen molar-refractivity contribution in [1.29, 1.82) is 0 Å². The molecule has 2 aromatic heterocycles. The molecule has 0 saturated heterocycles. The summed E-state index contributed by atoms with van der Waals surface area (Å²) in [6, 6.07) is 18.4. The van der Waals surface area contributed by atoms with Gasteiger partial charge in [0.15, 0.2) is 5.82 Å². The van der Waals surface area contributed by atoms with Crippen LogP contribution in [0.1, 0.15) is 39.1 Å². The number of ether oxygens (including phenoxy) is 2. The number of hydrogen-bond acceptors (Lipinski definition) is 7. The highest BCUT2D eigenvalue weighted by Gasteiger charge is 2.21. The van der Waals surface area contributed by atoms with E-state index in [4.69, 9.17) is 21.1 Å². The number of carbonyl (C=O) groups is 1. The molecule has 0 spiro atoms. The van der Waals surface area contributed by atoms with Crippen molar-refractivity contribution in [3.05, 3.63) is 92.3 Å². The van der Waals surface area contributed by atoms with Gasteiger partial charge in [-0.25, -0.2) is 9.78 Å². The van der Waals surface area contributed by atoms with Crippen LogP contribution in [0.2, 0.25) is 0 Å². The zero-order valence-corrected chi connectivity index (χ0v) is 22.5. The van der Waals surface area contributed by atoms with Gasteiger partial charge in [0.05, 0.1) is 17.0 Å². The maximum absolute atomic E-state index is 12.8. The minimum atomic E-state index is -0.506. The van der Waals surface area contributed by atoms with Crippen LogP contribution in [0.5, 0.6) is 0 Å². The van der Waals surface area contributed by atoms with Gasteiger partial charge in [-0.15, -0.1) is 11.3 Å². The van der Waals surface area contributed by atoms with Crippen LogP contribution in [0.4, 0.5) is 5.69 Å². The fraction of sp³-hybridized carbons (Fsp3) is 0.250. The number of aryl methyl sites for hydroxylation is 1. The summed E-state index contributed by atoms with van der Waals surface area (Å²) in [6.07, 6.45) is 1.75. The number of hydrogen-bond donors (Lipinski definition) is 1. The number of esters is 1. The van der Waals surface area contributed by atoms with Crippen molar-refractivity contribution in [2.75, 3.05) is 31.8 Å². The summed E-state index contributed by atoms with van der Waals surface area (Å²) in [6.45, 7) is 5.96. The topological polar surface area (TPSA) is 84.5 Å². The third-order valence-electron chi connectivity index (χ3n) is 5.88. The van der Waals surface area contributed by atoms with E-state index in [1.807, 2.05) is 42.5 Å². The first-order valence-corrected chi connectivity index (χ1v) is 13.1. The second kappa shape index (κ2) is 12.2. The van der Waals surface area contributed by atoms with Crippen LogP contribution in [0, 0.1) is 6.92 Å². The molecule has 9 heteroatoms. The molecule has 2 heterocycles. The Morgan fingerprint density at radius 3 is 2.54 bits per heavy atom. The van der Waals surface area contributed by atoms with E-state index in [9.17, 15) is 9.59 Å².